The summed E-state index contributed by atoms with van der Waals surface area (Å²) in [5.74, 6) is -0.172. The fourth-order valence-corrected chi connectivity index (χ4v) is 2.35. The van der Waals surface area contributed by atoms with E-state index in [-0.39, 0.29) is 5.78 Å². The molecule has 0 aliphatic heterocycles. The number of ketones is 1. The molecule has 106 valence electrons. The Kier molecular flexibility index (Phi) is 4.80. The topological polar surface area (TPSA) is 70.1 Å². The van der Waals surface area contributed by atoms with E-state index in [0.717, 1.165) is 0 Å². The van der Waals surface area contributed by atoms with E-state index in [9.17, 15) is 4.79 Å². The lowest BCUT2D eigenvalue weighted by Crippen LogP contribution is -2.15. The molecule has 0 aliphatic carbocycles. The number of halogens is 2. The van der Waals surface area contributed by atoms with Crippen molar-refractivity contribution in [3.63, 3.8) is 0 Å². The van der Waals surface area contributed by atoms with E-state index in [1.54, 1.807) is 36.2 Å². The van der Waals surface area contributed by atoms with Crippen molar-refractivity contribution in [1.29, 1.82) is 0 Å². The molecule has 0 fully saturated rings. The second-order valence-corrected chi connectivity index (χ2v) is 5.38. The fraction of sp³-hybridized carbons (Fsp3) is 0.231. The first-order valence-electron chi connectivity index (χ1n) is 5.84. The van der Waals surface area contributed by atoms with Crippen LogP contribution >= 0.6 is 27.5 Å². The lowest BCUT2D eigenvalue weighted by molar-refractivity contribution is 0.102. The Balaban J connectivity index is 2.37. The molecule has 0 aliphatic rings. The van der Waals surface area contributed by atoms with Gasteiger partial charge in [0.1, 0.15) is 5.69 Å². The van der Waals surface area contributed by atoms with Gasteiger partial charge in [0.05, 0.1) is 34.5 Å². The van der Waals surface area contributed by atoms with E-state index in [1.807, 2.05) is 0 Å². The maximum atomic E-state index is 12.5. The Morgan fingerprint density at radius 3 is 2.95 bits per heavy atom. The van der Waals surface area contributed by atoms with E-state index in [4.69, 9.17) is 22.1 Å². The SMILES string of the molecule is COCCn1ncc(Br)c1C(=O)c1ccc(Cl)c(N)c1. The third-order valence-corrected chi connectivity index (χ3v) is 3.70. The third kappa shape index (κ3) is 3.03. The highest BCUT2D eigenvalue weighted by Gasteiger charge is 2.19. The number of nitrogen functional groups attached to an aromatic ring is 1. The number of methoxy groups -OCH3 is 1. The number of anilines is 1. The standard InChI is InChI=1S/C13H13BrClN3O2/c1-20-5-4-18-12(9(14)7-17-18)13(19)8-2-3-10(15)11(16)6-8/h2-3,6-7H,4-5,16H2,1H3. The first kappa shape index (κ1) is 15.0. The summed E-state index contributed by atoms with van der Waals surface area (Å²) in [4.78, 5) is 12.5. The summed E-state index contributed by atoms with van der Waals surface area (Å²) in [7, 11) is 1.60. The lowest BCUT2D eigenvalue weighted by atomic mass is 10.1. The number of nitrogens with zero attached hydrogens (tertiary/aromatic N) is 2. The van der Waals surface area contributed by atoms with Crippen molar-refractivity contribution in [3.05, 3.63) is 45.1 Å². The number of carbonyl (C=O) groups is 1. The predicted octanol–water partition coefficient (Wildman–Crippen LogP) is 2.76. The summed E-state index contributed by atoms with van der Waals surface area (Å²) in [5, 5.41) is 4.58. The van der Waals surface area contributed by atoms with Crippen LogP contribution in [0.25, 0.3) is 0 Å². The molecule has 20 heavy (non-hydrogen) atoms. The van der Waals surface area contributed by atoms with Gasteiger partial charge in [-0.3, -0.25) is 9.48 Å². The zero-order valence-corrected chi connectivity index (χ0v) is 13.1. The molecule has 2 rings (SSSR count). The van der Waals surface area contributed by atoms with Gasteiger partial charge >= 0.3 is 0 Å². The van der Waals surface area contributed by atoms with Crippen molar-refractivity contribution in [2.24, 2.45) is 0 Å². The minimum absolute atomic E-state index is 0.172. The van der Waals surface area contributed by atoms with Crippen LogP contribution in [0.1, 0.15) is 16.1 Å². The summed E-state index contributed by atoms with van der Waals surface area (Å²) in [6.07, 6.45) is 1.59. The van der Waals surface area contributed by atoms with Gasteiger partial charge in [0.15, 0.2) is 0 Å². The molecule has 0 unspecified atom stereocenters. The third-order valence-electron chi connectivity index (χ3n) is 2.78. The molecule has 0 radical (unpaired) electrons. The quantitative estimate of drug-likeness (QED) is 0.659. The summed E-state index contributed by atoms with van der Waals surface area (Å²) < 4.78 is 7.23. The number of rotatable bonds is 5. The minimum atomic E-state index is -0.172. The van der Waals surface area contributed by atoms with E-state index >= 15 is 0 Å². The molecule has 0 spiro atoms. The first-order chi connectivity index (χ1) is 9.54. The van der Waals surface area contributed by atoms with Crippen LogP contribution in [0.3, 0.4) is 0 Å². The van der Waals surface area contributed by atoms with Gasteiger partial charge in [0, 0.05) is 12.7 Å². The molecule has 0 saturated carbocycles. The predicted molar refractivity (Wildman–Crippen MR) is 81.1 cm³/mol. The first-order valence-corrected chi connectivity index (χ1v) is 7.01. The largest absolute Gasteiger partial charge is 0.398 e. The van der Waals surface area contributed by atoms with Crippen molar-refractivity contribution in [2.75, 3.05) is 19.5 Å². The smallest absolute Gasteiger partial charge is 0.212 e. The lowest BCUT2D eigenvalue weighted by Gasteiger charge is -2.08. The molecule has 2 aromatic rings. The summed E-state index contributed by atoms with van der Waals surface area (Å²) in [6, 6.07) is 4.81. The Labute approximate surface area is 129 Å². The van der Waals surface area contributed by atoms with Crippen LogP contribution in [0.5, 0.6) is 0 Å². The fourth-order valence-electron chi connectivity index (χ4n) is 1.76. The van der Waals surface area contributed by atoms with Crippen molar-refractivity contribution >= 4 is 39.0 Å². The van der Waals surface area contributed by atoms with Crippen molar-refractivity contribution in [3.8, 4) is 0 Å². The van der Waals surface area contributed by atoms with Crippen LogP contribution in [0.2, 0.25) is 5.02 Å². The summed E-state index contributed by atoms with van der Waals surface area (Å²) in [6.45, 7) is 0.962. The molecule has 0 saturated heterocycles. The minimum Gasteiger partial charge on any atom is -0.398 e. The molecule has 2 N–H and O–H groups in total. The van der Waals surface area contributed by atoms with Gasteiger partial charge in [0.2, 0.25) is 5.78 Å². The highest BCUT2D eigenvalue weighted by molar-refractivity contribution is 9.10. The number of benzene rings is 1. The number of nitrogens with two attached hydrogens (primary N) is 1. The molecule has 5 nitrogen and oxygen atoms in total. The monoisotopic (exact) mass is 357 g/mol. The second-order valence-electron chi connectivity index (χ2n) is 4.12. The number of hydrogen-bond acceptors (Lipinski definition) is 4. The maximum absolute atomic E-state index is 12.5. The highest BCUT2D eigenvalue weighted by Crippen LogP contribution is 2.24. The van der Waals surface area contributed by atoms with Crippen LogP contribution in [0.15, 0.2) is 28.9 Å². The van der Waals surface area contributed by atoms with Crippen LogP contribution in [0, 0.1) is 0 Å². The number of ether oxygens (including phenoxy) is 1. The van der Waals surface area contributed by atoms with Crippen molar-refractivity contribution in [1.82, 2.24) is 9.78 Å². The van der Waals surface area contributed by atoms with Crippen LogP contribution in [-0.2, 0) is 11.3 Å². The van der Waals surface area contributed by atoms with Crippen LogP contribution in [0.4, 0.5) is 5.69 Å². The van der Waals surface area contributed by atoms with Crippen LogP contribution in [-0.4, -0.2) is 29.3 Å². The number of carbonyl (C=O) groups excluding carboxylic acids is 1. The van der Waals surface area contributed by atoms with E-state index in [0.29, 0.717) is 39.6 Å². The van der Waals surface area contributed by atoms with Gasteiger partial charge in [0.25, 0.3) is 0 Å². The van der Waals surface area contributed by atoms with Gasteiger partial charge < -0.3 is 10.5 Å². The number of aromatic nitrogens is 2. The van der Waals surface area contributed by atoms with E-state index < -0.39 is 0 Å². The Hall–Kier alpha value is -1.37. The summed E-state index contributed by atoms with van der Waals surface area (Å²) >= 11 is 9.20. The van der Waals surface area contributed by atoms with Crippen molar-refractivity contribution < 1.29 is 9.53 Å². The maximum Gasteiger partial charge on any atom is 0.212 e. The zero-order chi connectivity index (χ0) is 14.7. The van der Waals surface area contributed by atoms with Crippen LogP contribution < -0.4 is 5.73 Å². The highest BCUT2D eigenvalue weighted by atomic mass is 79.9. The van der Waals surface area contributed by atoms with Gasteiger partial charge in [-0.05, 0) is 34.1 Å². The second kappa shape index (κ2) is 6.39. The average Bonchev–Trinajstić information content (AvgIpc) is 2.80. The molecular weight excluding hydrogens is 346 g/mol. The molecule has 0 atom stereocenters. The Morgan fingerprint density at radius 1 is 1.55 bits per heavy atom. The average molecular weight is 359 g/mol. The molecule has 1 aromatic heterocycles. The molecule has 1 heterocycles. The normalized spacial score (nSPS) is 10.8. The zero-order valence-electron chi connectivity index (χ0n) is 10.8. The van der Waals surface area contributed by atoms with Gasteiger partial charge in [-0.25, -0.2) is 0 Å². The van der Waals surface area contributed by atoms with E-state index in [2.05, 4.69) is 21.0 Å². The summed E-state index contributed by atoms with van der Waals surface area (Å²) in [5.41, 5.74) is 7.03. The van der Waals surface area contributed by atoms with Gasteiger partial charge in [-0.1, -0.05) is 11.6 Å². The molecule has 7 heteroatoms. The van der Waals surface area contributed by atoms with Gasteiger partial charge in [-0.15, -0.1) is 0 Å². The van der Waals surface area contributed by atoms with E-state index in [1.165, 1.54) is 0 Å². The Bertz CT molecular complexity index is 643. The number of hydrogen-bond donors (Lipinski definition) is 1. The molecule has 0 bridgehead atoms. The Morgan fingerprint density at radius 2 is 2.30 bits per heavy atom. The molecular formula is C13H13BrClN3O2. The molecule has 0 amide bonds. The molecule has 1 aromatic carbocycles. The van der Waals surface area contributed by atoms with Gasteiger partial charge in [-0.2, -0.15) is 5.10 Å². The van der Waals surface area contributed by atoms with Crippen molar-refractivity contribution in [2.45, 2.75) is 6.54 Å².